The van der Waals surface area contributed by atoms with E-state index in [-0.39, 0.29) is 6.04 Å². The second-order valence-electron chi connectivity index (χ2n) is 4.32. The van der Waals surface area contributed by atoms with Gasteiger partial charge in [-0.2, -0.15) is 0 Å². The van der Waals surface area contributed by atoms with Crippen LogP contribution in [-0.2, 0) is 0 Å². The molecule has 1 aromatic carbocycles. The van der Waals surface area contributed by atoms with E-state index in [9.17, 15) is 8.78 Å². The molecule has 1 N–H and O–H groups in total. The molecular weight excluding hydrogens is 246 g/mol. The Kier molecular flexibility index (Phi) is 4.58. The van der Waals surface area contributed by atoms with Crippen molar-refractivity contribution in [3.05, 3.63) is 65.5 Å². The molecule has 0 aliphatic heterocycles. The van der Waals surface area contributed by atoms with E-state index in [4.69, 9.17) is 0 Å². The van der Waals surface area contributed by atoms with Gasteiger partial charge in [0, 0.05) is 18.0 Å². The van der Waals surface area contributed by atoms with Gasteiger partial charge in [0.2, 0.25) is 0 Å². The van der Waals surface area contributed by atoms with Crippen molar-refractivity contribution in [1.29, 1.82) is 0 Å². The van der Waals surface area contributed by atoms with Gasteiger partial charge in [0.05, 0.1) is 6.04 Å². The predicted molar refractivity (Wildman–Crippen MR) is 70.7 cm³/mol. The first kappa shape index (κ1) is 13.6. The molecule has 0 saturated heterocycles. The zero-order valence-electron chi connectivity index (χ0n) is 10.7. The molecule has 1 unspecified atom stereocenters. The Labute approximate surface area is 111 Å². The standard InChI is InChI=1S/C15H16F2N2/c1-2-8-19-15(11-5-4-9-18-10-11)12-6-3-7-13(16)14(12)17/h3-7,9-10,15,19H,2,8H2,1H3. The van der Waals surface area contributed by atoms with Crippen molar-refractivity contribution in [2.45, 2.75) is 19.4 Å². The third-order valence-electron chi connectivity index (χ3n) is 2.91. The van der Waals surface area contributed by atoms with E-state index in [0.717, 1.165) is 24.6 Å². The Balaban J connectivity index is 2.40. The first-order chi connectivity index (χ1) is 9.24. The molecule has 0 aliphatic carbocycles. The molecule has 2 aromatic rings. The Morgan fingerprint density at radius 2 is 2.05 bits per heavy atom. The monoisotopic (exact) mass is 262 g/mol. The van der Waals surface area contributed by atoms with Gasteiger partial charge in [-0.3, -0.25) is 4.98 Å². The van der Waals surface area contributed by atoms with Gasteiger partial charge >= 0.3 is 0 Å². The van der Waals surface area contributed by atoms with Crippen molar-refractivity contribution >= 4 is 0 Å². The largest absolute Gasteiger partial charge is 0.306 e. The third kappa shape index (κ3) is 3.15. The summed E-state index contributed by atoms with van der Waals surface area (Å²) in [6, 6.07) is 7.49. The number of benzene rings is 1. The Morgan fingerprint density at radius 1 is 1.21 bits per heavy atom. The summed E-state index contributed by atoms with van der Waals surface area (Å²) in [5.41, 5.74) is 1.13. The highest BCUT2D eigenvalue weighted by molar-refractivity contribution is 5.31. The SMILES string of the molecule is CCCNC(c1cccnc1)c1cccc(F)c1F. The second-order valence-corrected chi connectivity index (χ2v) is 4.32. The molecule has 19 heavy (non-hydrogen) atoms. The summed E-state index contributed by atoms with van der Waals surface area (Å²) in [6.45, 7) is 2.74. The summed E-state index contributed by atoms with van der Waals surface area (Å²) in [7, 11) is 0. The Morgan fingerprint density at radius 3 is 2.74 bits per heavy atom. The van der Waals surface area contributed by atoms with E-state index in [1.165, 1.54) is 6.07 Å². The van der Waals surface area contributed by atoms with Crippen LogP contribution in [0.25, 0.3) is 0 Å². The van der Waals surface area contributed by atoms with Crippen molar-refractivity contribution in [2.24, 2.45) is 0 Å². The number of rotatable bonds is 5. The number of nitrogens with one attached hydrogen (secondary N) is 1. The minimum atomic E-state index is -0.829. The summed E-state index contributed by atoms with van der Waals surface area (Å²) < 4.78 is 27.3. The fourth-order valence-corrected chi connectivity index (χ4v) is 1.99. The molecule has 100 valence electrons. The molecule has 0 spiro atoms. The Hall–Kier alpha value is -1.81. The van der Waals surface area contributed by atoms with Crippen molar-refractivity contribution < 1.29 is 8.78 Å². The fraction of sp³-hybridized carbons (Fsp3) is 0.267. The van der Waals surface area contributed by atoms with Gasteiger partial charge < -0.3 is 5.32 Å². The Bertz CT molecular complexity index is 529. The number of halogens is 2. The first-order valence-corrected chi connectivity index (χ1v) is 6.31. The smallest absolute Gasteiger partial charge is 0.163 e. The van der Waals surface area contributed by atoms with Crippen LogP contribution in [0.4, 0.5) is 8.78 Å². The van der Waals surface area contributed by atoms with Crippen molar-refractivity contribution in [3.8, 4) is 0 Å². The average molecular weight is 262 g/mol. The summed E-state index contributed by atoms with van der Waals surface area (Å²) in [6.07, 6.45) is 4.23. The van der Waals surface area contributed by atoms with E-state index in [0.29, 0.717) is 5.56 Å². The molecule has 0 bridgehead atoms. The zero-order chi connectivity index (χ0) is 13.7. The van der Waals surface area contributed by atoms with Crippen molar-refractivity contribution in [1.82, 2.24) is 10.3 Å². The highest BCUT2D eigenvalue weighted by Gasteiger charge is 2.19. The fourth-order valence-electron chi connectivity index (χ4n) is 1.99. The van der Waals surface area contributed by atoms with Crippen LogP contribution in [0.2, 0.25) is 0 Å². The first-order valence-electron chi connectivity index (χ1n) is 6.31. The van der Waals surface area contributed by atoms with Crippen molar-refractivity contribution in [2.75, 3.05) is 6.54 Å². The quantitative estimate of drug-likeness (QED) is 0.892. The molecule has 2 nitrogen and oxygen atoms in total. The van der Waals surface area contributed by atoms with Crippen LogP contribution in [0, 0.1) is 11.6 Å². The van der Waals surface area contributed by atoms with Crippen LogP contribution in [0.1, 0.15) is 30.5 Å². The predicted octanol–water partition coefficient (Wildman–Crippen LogP) is 3.45. The maximum absolute atomic E-state index is 13.9. The van der Waals surface area contributed by atoms with E-state index < -0.39 is 11.6 Å². The van der Waals surface area contributed by atoms with Gasteiger partial charge in [-0.1, -0.05) is 25.1 Å². The van der Waals surface area contributed by atoms with Gasteiger partial charge in [-0.15, -0.1) is 0 Å². The highest BCUT2D eigenvalue weighted by atomic mass is 19.2. The molecule has 0 aliphatic rings. The number of aromatic nitrogens is 1. The molecule has 4 heteroatoms. The third-order valence-corrected chi connectivity index (χ3v) is 2.91. The maximum atomic E-state index is 13.9. The lowest BCUT2D eigenvalue weighted by molar-refractivity contribution is 0.480. The highest BCUT2D eigenvalue weighted by Crippen LogP contribution is 2.25. The van der Waals surface area contributed by atoms with Crippen LogP contribution in [0.5, 0.6) is 0 Å². The lowest BCUT2D eigenvalue weighted by atomic mass is 9.99. The number of pyridine rings is 1. The van der Waals surface area contributed by atoms with E-state index in [1.54, 1.807) is 24.5 Å². The van der Waals surface area contributed by atoms with Gasteiger partial charge in [0.1, 0.15) is 0 Å². The maximum Gasteiger partial charge on any atom is 0.163 e. The molecule has 0 amide bonds. The van der Waals surface area contributed by atoms with E-state index in [1.807, 2.05) is 13.0 Å². The van der Waals surface area contributed by atoms with Gasteiger partial charge in [0.25, 0.3) is 0 Å². The second kappa shape index (κ2) is 6.38. The summed E-state index contributed by atoms with van der Waals surface area (Å²) in [4.78, 5) is 4.04. The summed E-state index contributed by atoms with van der Waals surface area (Å²) >= 11 is 0. The molecule has 1 atom stereocenters. The minimum Gasteiger partial charge on any atom is -0.306 e. The average Bonchev–Trinajstić information content (AvgIpc) is 2.45. The molecule has 0 fully saturated rings. The van der Waals surface area contributed by atoms with Gasteiger partial charge in [0.15, 0.2) is 11.6 Å². The molecule has 1 heterocycles. The van der Waals surface area contributed by atoms with Crippen LogP contribution in [-0.4, -0.2) is 11.5 Å². The van der Waals surface area contributed by atoms with Crippen LogP contribution < -0.4 is 5.32 Å². The van der Waals surface area contributed by atoms with Crippen LogP contribution in [0.3, 0.4) is 0 Å². The minimum absolute atomic E-state index is 0.307. The lowest BCUT2D eigenvalue weighted by Gasteiger charge is -2.19. The van der Waals surface area contributed by atoms with E-state index in [2.05, 4.69) is 10.3 Å². The zero-order valence-corrected chi connectivity index (χ0v) is 10.7. The molecule has 1 aromatic heterocycles. The molecular formula is C15H16F2N2. The lowest BCUT2D eigenvalue weighted by Crippen LogP contribution is -2.24. The van der Waals surface area contributed by atoms with E-state index >= 15 is 0 Å². The van der Waals surface area contributed by atoms with Gasteiger partial charge in [-0.05, 0) is 30.7 Å². The van der Waals surface area contributed by atoms with Crippen LogP contribution >= 0.6 is 0 Å². The number of hydrogen-bond donors (Lipinski definition) is 1. The summed E-state index contributed by atoms with van der Waals surface area (Å²) in [5, 5.41) is 3.22. The van der Waals surface area contributed by atoms with Gasteiger partial charge in [-0.25, -0.2) is 8.78 Å². The topological polar surface area (TPSA) is 24.9 Å². The summed E-state index contributed by atoms with van der Waals surface area (Å²) in [5.74, 6) is -1.63. The van der Waals surface area contributed by atoms with Crippen LogP contribution in [0.15, 0.2) is 42.7 Å². The number of nitrogens with zero attached hydrogens (tertiary/aromatic N) is 1. The molecule has 0 saturated carbocycles. The van der Waals surface area contributed by atoms with Crippen molar-refractivity contribution in [3.63, 3.8) is 0 Å². The number of hydrogen-bond acceptors (Lipinski definition) is 2. The molecule has 2 rings (SSSR count). The molecule has 0 radical (unpaired) electrons. The normalized spacial score (nSPS) is 12.4.